The van der Waals surface area contributed by atoms with E-state index in [1.54, 1.807) is 49.4 Å². The molecule has 0 saturated carbocycles. The van der Waals surface area contributed by atoms with Crippen LogP contribution in [0.1, 0.15) is 30.4 Å². The summed E-state index contributed by atoms with van der Waals surface area (Å²) in [5.41, 5.74) is 2.88. The monoisotopic (exact) mass is 475 g/mol. The first-order chi connectivity index (χ1) is 15.3. The molecule has 0 unspecified atom stereocenters. The Morgan fingerprint density at radius 3 is 2.59 bits per heavy atom. The molecule has 0 saturated heterocycles. The highest BCUT2D eigenvalue weighted by atomic mass is 35.5. The second-order valence-corrected chi connectivity index (χ2v) is 10.5. The number of esters is 1. The summed E-state index contributed by atoms with van der Waals surface area (Å²) in [6.45, 7) is 3.84. The van der Waals surface area contributed by atoms with E-state index in [0.717, 1.165) is 16.7 Å². The summed E-state index contributed by atoms with van der Waals surface area (Å²) in [7, 11) is -3.89. The highest BCUT2D eigenvalue weighted by Gasteiger charge is 2.47. The minimum atomic E-state index is -3.89. The van der Waals surface area contributed by atoms with Gasteiger partial charge in [0.2, 0.25) is 0 Å². The predicted octanol–water partition coefficient (Wildman–Crippen LogP) is 4.06. The van der Waals surface area contributed by atoms with Crippen molar-refractivity contribution in [1.82, 2.24) is 0 Å². The maximum Gasteiger partial charge on any atom is 0.309 e. The molecule has 0 amide bonds. The fraction of sp³-hybridized carbons (Fsp3) is 0.375. The number of fused-ring (bicyclic) bond motifs is 3. The highest BCUT2D eigenvalue weighted by Crippen LogP contribution is 2.51. The number of benzene rings is 2. The molecule has 1 heterocycles. The summed E-state index contributed by atoms with van der Waals surface area (Å²) >= 11 is 6.27. The first-order valence-electron chi connectivity index (χ1n) is 10.6. The molecule has 0 fully saturated rings. The minimum absolute atomic E-state index is 0.108. The smallest absolute Gasteiger partial charge is 0.309 e. The third kappa shape index (κ3) is 3.93. The van der Waals surface area contributed by atoms with Crippen molar-refractivity contribution in [2.24, 2.45) is 11.8 Å². The zero-order chi connectivity index (χ0) is 23.0. The number of ether oxygens (including phenoxy) is 1. The van der Waals surface area contributed by atoms with E-state index in [1.165, 1.54) is 4.31 Å². The number of nitrogens with zero attached hydrogens (tertiary/aromatic N) is 1. The SMILES string of the molecule is CCOC(=O)[C@H]1CC=C(CO)[C@H]2CN(S(=O)(=O)c3ccc(C)cc3)c3cc(Cl)ccc3[C@H]12. The molecule has 1 aliphatic carbocycles. The number of hydrogen-bond donors (Lipinski definition) is 1. The van der Waals surface area contributed by atoms with Crippen molar-refractivity contribution in [3.63, 3.8) is 0 Å². The van der Waals surface area contributed by atoms with E-state index < -0.39 is 15.9 Å². The van der Waals surface area contributed by atoms with Crippen molar-refractivity contribution >= 4 is 33.3 Å². The average molecular weight is 476 g/mol. The Morgan fingerprint density at radius 2 is 1.94 bits per heavy atom. The number of carbonyl (C=O) groups is 1. The molecule has 3 atom stereocenters. The average Bonchev–Trinajstić information content (AvgIpc) is 2.77. The minimum Gasteiger partial charge on any atom is -0.466 e. The number of allylic oxidation sites excluding steroid dienone is 1. The number of aliphatic hydroxyl groups is 1. The van der Waals surface area contributed by atoms with Gasteiger partial charge < -0.3 is 9.84 Å². The number of carbonyl (C=O) groups excluding carboxylic acids is 1. The van der Waals surface area contributed by atoms with Crippen LogP contribution in [0.2, 0.25) is 5.02 Å². The van der Waals surface area contributed by atoms with Gasteiger partial charge in [-0.3, -0.25) is 9.10 Å². The van der Waals surface area contributed by atoms with Crippen LogP contribution in [0.5, 0.6) is 0 Å². The number of anilines is 1. The molecule has 0 aromatic heterocycles. The zero-order valence-electron chi connectivity index (χ0n) is 18.0. The maximum atomic E-state index is 13.7. The van der Waals surface area contributed by atoms with E-state index in [1.807, 2.05) is 13.0 Å². The number of aryl methyl sites for hydroxylation is 1. The molecule has 2 aliphatic rings. The Hall–Kier alpha value is -2.35. The lowest BCUT2D eigenvalue weighted by molar-refractivity contribution is -0.149. The molecule has 1 N–H and O–H groups in total. The lowest BCUT2D eigenvalue weighted by Crippen LogP contribution is -2.47. The largest absolute Gasteiger partial charge is 0.466 e. The van der Waals surface area contributed by atoms with Crippen LogP contribution < -0.4 is 4.31 Å². The maximum absolute atomic E-state index is 13.7. The number of rotatable bonds is 5. The van der Waals surface area contributed by atoms with Gasteiger partial charge in [0.1, 0.15) is 0 Å². The third-order valence-electron chi connectivity index (χ3n) is 6.34. The van der Waals surface area contributed by atoms with Crippen molar-refractivity contribution in [2.45, 2.75) is 31.1 Å². The molecule has 0 bridgehead atoms. The van der Waals surface area contributed by atoms with Gasteiger partial charge in [-0.05, 0) is 55.7 Å². The van der Waals surface area contributed by atoms with Crippen LogP contribution in [0, 0.1) is 18.8 Å². The van der Waals surface area contributed by atoms with Gasteiger partial charge in [0.15, 0.2) is 0 Å². The molecular weight excluding hydrogens is 450 g/mol. The Kier molecular flexibility index (Phi) is 6.34. The number of sulfonamides is 1. The number of hydrogen-bond acceptors (Lipinski definition) is 5. The second kappa shape index (κ2) is 8.89. The fourth-order valence-corrected chi connectivity index (χ4v) is 6.46. The fourth-order valence-electron chi connectivity index (χ4n) is 4.78. The zero-order valence-corrected chi connectivity index (χ0v) is 19.6. The molecular formula is C24H26ClNO5S. The predicted molar refractivity (Wildman–Crippen MR) is 123 cm³/mol. The molecule has 4 rings (SSSR count). The lowest BCUT2D eigenvalue weighted by Gasteiger charge is -2.45. The van der Waals surface area contributed by atoms with Gasteiger partial charge in [-0.25, -0.2) is 8.42 Å². The van der Waals surface area contributed by atoms with E-state index in [9.17, 15) is 18.3 Å². The molecule has 8 heteroatoms. The third-order valence-corrected chi connectivity index (χ3v) is 8.37. The van der Waals surface area contributed by atoms with E-state index >= 15 is 0 Å². The number of halogens is 1. The summed E-state index contributed by atoms with van der Waals surface area (Å²) in [5.74, 6) is -1.43. The van der Waals surface area contributed by atoms with E-state index in [0.29, 0.717) is 17.1 Å². The molecule has 6 nitrogen and oxygen atoms in total. The van der Waals surface area contributed by atoms with Crippen LogP contribution in [0.25, 0.3) is 0 Å². The molecule has 32 heavy (non-hydrogen) atoms. The van der Waals surface area contributed by atoms with Crippen molar-refractivity contribution in [1.29, 1.82) is 0 Å². The van der Waals surface area contributed by atoms with Gasteiger partial charge in [-0.1, -0.05) is 41.4 Å². The molecule has 2 aromatic rings. The molecule has 1 aliphatic heterocycles. The topological polar surface area (TPSA) is 83.9 Å². The Balaban J connectivity index is 1.87. The summed E-state index contributed by atoms with van der Waals surface area (Å²) in [6, 6.07) is 11.8. The van der Waals surface area contributed by atoms with Crippen LogP contribution in [-0.4, -0.2) is 39.3 Å². The Labute approximate surface area is 193 Å². The summed E-state index contributed by atoms with van der Waals surface area (Å²) in [5, 5.41) is 10.4. The molecule has 0 spiro atoms. The normalized spacial score (nSPS) is 22.6. The van der Waals surface area contributed by atoms with Gasteiger partial charge in [-0.15, -0.1) is 0 Å². The van der Waals surface area contributed by atoms with Crippen molar-refractivity contribution in [3.05, 3.63) is 70.3 Å². The molecule has 0 radical (unpaired) electrons. The van der Waals surface area contributed by atoms with Crippen molar-refractivity contribution < 1.29 is 23.1 Å². The highest BCUT2D eigenvalue weighted by molar-refractivity contribution is 7.92. The Morgan fingerprint density at radius 1 is 1.22 bits per heavy atom. The summed E-state index contributed by atoms with van der Waals surface area (Å²) in [4.78, 5) is 13.0. The van der Waals surface area contributed by atoms with Gasteiger partial charge in [0, 0.05) is 23.4 Å². The first kappa shape index (κ1) is 22.8. The van der Waals surface area contributed by atoms with Gasteiger partial charge in [0.25, 0.3) is 10.0 Å². The van der Waals surface area contributed by atoms with Gasteiger partial charge in [0.05, 0.1) is 29.7 Å². The number of aliphatic hydroxyl groups excluding tert-OH is 1. The van der Waals surface area contributed by atoms with Crippen molar-refractivity contribution in [3.8, 4) is 0 Å². The van der Waals surface area contributed by atoms with Crippen LogP contribution in [0.3, 0.4) is 0 Å². The molecule has 2 aromatic carbocycles. The van der Waals surface area contributed by atoms with E-state index in [2.05, 4.69) is 0 Å². The molecule has 170 valence electrons. The van der Waals surface area contributed by atoms with Crippen LogP contribution in [-0.2, 0) is 19.6 Å². The summed E-state index contributed by atoms with van der Waals surface area (Å²) < 4.78 is 34.0. The quantitative estimate of drug-likeness (QED) is 0.520. The summed E-state index contributed by atoms with van der Waals surface area (Å²) in [6.07, 6.45) is 2.28. The van der Waals surface area contributed by atoms with E-state index in [-0.39, 0.29) is 42.5 Å². The van der Waals surface area contributed by atoms with Gasteiger partial charge >= 0.3 is 5.97 Å². The first-order valence-corrected chi connectivity index (χ1v) is 12.4. The van der Waals surface area contributed by atoms with E-state index in [4.69, 9.17) is 16.3 Å². The van der Waals surface area contributed by atoms with Crippen LogP contribution in [0.15, 0.2) is 59.0 Å². The van der Waals surface area contributed by atoms with Crippen LogP contribution >= 0.6 is 11.6 Å². The second-order valence-electron chi connectivity index (χ2n) is 8.22. The van der Waals surface area contributed by atoms with Crippen molar-refractivity contribution in [2.75, 3.05) is 24.1 Å². The lowest BCUT2D eigenvalue weighted by atomic mass is 9.67. The Bertz CT molecular complexity index is 1160. The van der Waals surface area contributed by atoms with Crippen LogP contribution in [0.4, 0.5) is 5.69 Å². The van der Waals surface area contributed by atoms with Gasteiger partial charge in [-0.2, -0.15) is 0 Å². The standard InChI is InChI=1S/C24H26ClNO5S/c1-3-31-24(28)20-10-6-16(14-27)21-13-26(22-12-17(25)7-11-19(22)23(20)21)32(29,30)18-8-4-15(2)5-9-18/h4-9,11-12,20-21,23,27H,3,10,13-14H2,1-2H3/t20-,21+,23+/m0/s1.